The van der Waals surface area contributed by atoms with Gasteiger partial charge in [0.2, 0.25) is 0 Å². The van der Waals surface area contributed by atoms with Crippen LogP contribution in [0.25, 0.3) is 0 Å². The molecule has 1 N–H and O–H groups in total. The molecule has 11 nitrogen and oxygen atoms in total. The van der Waals surface area contributed by atoms with Crippen LogP contribution in [0.5, 0.6) is 5.75 Å². The fourth-order valence-electron chi connectivity index (χ4n) is 5.11. The number of amides is 1. The highest BCUT2D eigenvalue weighted by Crippen LogP contribution is 2.42. The van der Waals surface area contributed by atoms with Crippen LogP contribution in [-0.2, 0) is 40.9 Å². The number of halogens is 3. The van der Waals surface area contributed by atoms with Crippen molar-refractivity contribution in [1.29, 1.82) is 10.5 Å². The minimum Gasteiger partial charge on any atom is -0.487 e. The Morgan fingerprint density at radius 1 is 1.04 bits per heavy atom. The highest BCUT2D eigenvalue weighted by Gasteiger charge is 2.36. The number of nitro groups is 1. The average Bonchev–Trinajstić information content (AvgIpc) is 3.05. The molecule has 5 rings (SSSR count). The van der Waals surface area contributed by atoms with Gasteiger partial charge in [0.15, 0.2) is 0 Å². The van der Waals surface area contributed by atoms with Crippen molar-refractivity contribution in [2.45, 2.75) is 37.1 Å². The van der Waals surface area contributed by atoms with Crippen molar-refractivity contribution in [1.82, 2.24) is 9.62 Å². The van der Waals surface area contributed by atoms with Gasteiger partial charge in [-0.05, 0) is 103 Å². The van der Waals surface area contributed by atoms with Gasteiger partial charge in [0.05, 0.1) is 48.1 Å². The lowest BCUT2D eigenvalue weighted by Crippen LogP contribution is -2.51. The molecule has 0 fully saturated rings. The fraction of sp³-hybridized carbons (Fsp3) is 0.156. The summed E-state index contributed by atoms with van der Waals surface area (Å²) in [6, 6.07) is 21.9. The highest BCUT2D eigenvalue weighted by atomic mass is 79.9. The van der Waals surface area contributed by atoms with Crippen molar-refractivity contribution in [3.05, 3.63) is 130 Å². The van der Waals surface area contributed by atoms with Crippen LogP contribution in [0.4, 0.5) is 5.69 Å². The van der Waals surface area contributed by atoms with Crippen LogP contribution in [0.3, 0.4) is 0 Å². The molecule has 4 aromatic carbocycles. The highest BCUT2D eigenvalue weighted by molar-refractivity contribution is 9.11. The Hall–Kier alpha value is -4.31. The lowest BCUT2D eigenvalue weighted by molar-refractivity contribution is -0.384. The minimum atomic E-state index is -4.51. The van der Waals surface area contributed by atoms with Crippen molar-refractivity contribution < 1.29 is 22.9 Å². The molecule has 1 aliphatic heterocycles. The van der Waals surface area contributed by atoms with Gasteiger partial charge in [-0.3, -0.25) is 19.8 Å². The van der Waals surface area contributed by atoms with Crippen molar-refractivity contribution in [2.24, 2.45) is 0 Å². The maximum Gasteiger partial charge on any atom is 0.289 e. The smallest absolute Gasteiger partial charge is 0.289 e. The van der Waals surface area contributed by atoms with E-state index in [9.17, 15) is 33.9 Å². The molecule has 0 aromatic heterocycles. The molecule has 1 atom stereocenters. The molecule has 15 heteroatoms. The zero-order chi connectivity index (χ0) is 33.9. The summed E-state index contributed by atoms with van der Waals surface area (Å²) in [5, 5.41) is 29.5. The summed E-state index contributed by atoms with van der Waals surface area (Å²) in [5.41, 5.74) is 3.52. The van der Waals surface area contributed by atoms with Gasteiger partial charge in [-0.2, -0.15) is 10.5 Å². The van der Waals surface area contributed by atoms with Crippen LogP contribution in [-0.4, -0.2) is 30.2 Å². The monoisotopic (exact) mass is 797 g/mol. The maximum atomic E-state index is 13.7. The SMILES string of the molecule is N#Cc1ccc(CN2Cc3c(cc(Br)c(OCc4cccc(C#N)c4)c3Br)C[C@H]2C(=O)NS(=O)(=O)c2ccc(Cl)c([N+](=O)[O-])c2)cc1. The molecule has 0 saturated carbocycles. The van der Waals surface area contributed by atoms with Crippen molar-refractivity contribution in [3.63, 3.8) is 0 Å². The van der Waals surface area contributed by atoms with E-state index in [0.717, 1.165) is 40.5 Å². The maximum absolute atomic E-state index is 13.7. The second kappa shape index (κ2) is 14.2. The zero-order valence-corrected chi connectivity index (χ0v) is 28.9. The van der Waals surface area contributed by atoms with E-state index < -0.39 is 37.5 Å². The van der Waals surface area contributed by atoms with E-state index in [-0.39, 0.29) is 31.1 Å². The number of ether oxygens (including phenoxy) is 1. The Labute approximate surface area is 291 Å². The number of hydrogen-bond acceptors (Lipinski definition) is 9. The number of nitro benzene ring substituents is 1. The van der Waals surface area contributed by atoms with Gasteiger partial charge in [-0.15, -0.1) is 0 Å². The van der Waals surface area contributed by atoms with Gasteiger partial charge in [0, 0.05) is 19.2 Å². The lowest BCUT2D eigenvalue weighted by atomic mass is 9.92. The topological polar surface area (TPSA) is 166 Å². The van der Waals surface area contributed by atoms with Crippen LogP contribution < -0.4 is 9.46 Å². The van der Waals surface area contributed by atoms with E-state index in [1.165, 1.54) is 0 Å². The third-order valence-electron chi connectivity index (χ3n) is 7.46. The van der Waals surface area contributed by atoms with Gasteiger partial charge in [0.25, 0.3) is 21.6 Å². The molecule has 47 heavy (non-hydrogen) atoms. The van der Waals surface area contributed by atoms with Gasteiger partial charge < -0.3 is 4.74 Å². The Balaban J connectivity index is 1.46. The zero-order valence-electron chi connectivity index (χ0n) is 24.1. The number of nitrogens with zero attached hydrogens (tertiary/aromatic N) is 4. The summed E-state index contributed by atoms with van der Waals surface area (Å²) in [5.74, 6) is -0.314. The summed E-state index contributed by atoms with van der Waals surface area (Å²) in [6.07, 6.45) is 0.120. The van der Waals surface area contributed by atoms with E-state index in [2.05, 4.69) is 48.7 Å². The number of nitrogens with one attached hydrogen (secondary N) is 1. The van der Waals surface area contributed by atoms with E-state index >= 15 is 0 Å². The minimum absolute atomic E-state index is 0.120. The predicted octanol–water partition coefficient (Wildman–Crippen LogP) is 6.53. The molecule has 0 unspecified atom stereocenters. The van der Waals surface area contributed by atoms with E-state index in [0.29, 0.717) is 25.8 Å². The van der Waals surface area contributed by atoms with Crippen LogP contribution in [0.1, 0.15) is 33.4 Å². The molecule has 1 amide bonds. The number of hydrogen-bond donors (Lipinski definition) is 1. The first-order valence-corrected chi connectivity index (χ1v) is 17.2. The Morgan fingerprint density at radius 3 is 2.45 bits per heavy atom. The first-order valence-electron chi connectivity index (χ1n) is 13.8. The average molecular weight is 800 g/mol. The predicted molar refractivity (Wildman–Crippen MR) is 179 cm³/mol. The largest absolute Gasteiger partial charge is 0.487 e. The molecule has 0 saturated heterocycles. The van der Waals surface area contributed by atoms with Crippen molar-refractivity contribution in [3.8, 4) is 17.9 Å². The lowest BCUT2D eigenvalue weighted by Gasteiger charge is -2.37. The molecule has 4 aromatic rings. The number of fused-ring (bicyclic) bond motifs is 1. The van der Waals surface area contributed by atoms with Crippen LogP contribution >= 0.6 is 43.5 Å². The van der Waals surface area contributed by atoms with Crippen molar-refractivity contribution in [2.75, 3.05) is 0 Å². The van der Waals surface area contributed by atoms with Crippen LogP contribution in [0.2, 0.25) is 5.02 Å². The molecule has 0 aliphatic carbocycles. The standard InChI is InChI=1S/C32H22Br2ClN5O6S/c33-26-11-23-12-29(32(41)38-47(44,45)24-8-9-27(35)28(13-24)40(42)43)39(16-20-6-4-19(14-36)5-7-20)17-25(23)30(34)31(26)46-18-22-3-1-2-21(10-22)15-37/h1-11,13,29H,12,16-18H2,(H,38,41)/t29-/m0/s1. The Morgan fingerprint density at radius 2 is 1.77 bits per heavy atom. The van der Waals surface area contributed by atoms with Gasteiger partial charge in [-0.25, -0.2) is 13.1 Å². The van der Waals surface area contributed by atoms with E-state index in [4.69, 9.17) is 16.3 Å². The molecular formula is C32H22Br2ClN5O6S. The second-order valence-electron chi connectivity index (χ2n) is 10.5. The van der Waals surface area contributed by atoms with Gasteiger partial charge in [-0.1, -0.05) is 35.9 Å². The first-order chi connectivity index (χ1) is 22.4. The Kier molecular flexibility index (Phi) is 10.3. The normalized spacial score (nSPS) is 14.4. The van der Waals surface area contributed by atoms with Crippen molar-refractivity contribution >= 4 is 65.1 Å². The summed E-state index contributed by atoms with van der Waals surface area (Å²) in [6.45, 7) is 0.635. The summed E-state index contributed by atoms with van der Waals surface area (Å²) < 4.78 is 36.0. The number of rotatable bonds is 9. The molecule has 0 bridgehead atoms. The molecule has 1 heterocycles. The number of benzene rings is 4. The third-order valence-corrected chi connectivity index (χ3v) is 10.5. The summed E-state index contributed by atoms with van der Waals surface area (Å²) >= 11 is 13.1. The summed E-state index contributed by atoms with van der Waals surface area (Å²) in [7, 11) is -4.51. The fourth-order valence-corrected chi connectivity index (χ4v) is 7.90. The van der Waals surface area contributed by atoms with E-state index in [1.807, 2.05) is 12.1 Å². The van der Waals surface area contributed by atoms with Gasteiger partial charge >= 0.3 is 0 Å². The number of nitriles is 2. The molecule has 0 radical (unpaired) electrons. The first kappa shape index (κ1) is 34.0. The quantitative estimate of drug-likeness (QED) is 0.146. The Bertz CT molecular complexity index is 2100. The van der Waals surface area contributed by atoms with E-state index in [1.54, 1.807) is 47.4 Å². The summed E-state index contributed by atoms with van der Waals surface area (Å²) in [4.78, 5) is 25.6. The van der Waals surface area contributed by atoms with Crippen LogP contribution in [0, 0.1) is 32.8 Å². The third kappa shape index (κ3) is 7.64. The van der Waals surface area contributed by atoms with Crippen LogP contribution in [0.15, 0.2) is 86.6 Å². The molecular weight excluding hydrogens is 778 g/mol. The molecule has 1 aliphatic rings. The molecule has 238 valence electrons. The number of sulfonamides is 1. The number of carbonyl (C=O) groups is 1. The van der Waals surface area contributed by atoms with Gasteiger partial charge in [0.1, 0.15) is 17.4 Å². The number of carbonyl (C=O) groups excluding carboxylic acids is 1. The second-order valence-corrected chi connectivity index (χ2v) is 14.3. The molecule has 0 spiro atoms.